The van der Waals surface area contributed by atoms with Gasteiger partial charge in [-0.1, -0.05) is 0 Å². The van der Waals surface area contributed by atoms with Crippen molar-refractivity contribution in [1.82, 2.24) is 9.80 Å². The van der Waals surface area contributed by atoms with Gasteiger partial charge in [0.1, 0.15) is 18.2 Å². The molecule has 1 fully saturated rings. The summed E-state index contributed by atoms with van der Waals surface area (Å²) < 4.78 is 18.4. The Labute approximate surface area is 145 Å². The molecule has 0 spiro atoms. The summed E-state index contributed by atoms with van der Waals surface area (Å²) in [6.07, 6.45) is 0.542. The summed E-state index contributed by atoms with van der Waals surface area (Å²) in [6, 6.07) is 8.07. The van der Waals surface area contributed by atoms with Gasteiger partial charge < -0.3 is 9.64 Å². The fourth-order valence-corrected chi connectivity index (χ4v) is 3.41. The third-order valence-corrected chi connectivity index (χ3v) is 4.84. The highest BCUT2D eigenvalue weighted by atomic mass is 32.1. The van der Waals surface area contributed by atoms with Gasteiger partial charge in [-0.3, -0.25) is 9.69 Å². The molecular formula is C18H21FN2O2S. The van der Waals surface area contributed by atoms with Crippen molar-refractivity contribution >= 4 is 17.2 Å². The van der Waals surface area contributed by atoms with E-state index in [4.69, 9.17) is 4.74 Å². The SMILES string of the molecule is O=C1CCN(Cc2ccsc2)CCN1CCOc1ccc(F)cc1. The Morgan fingerprint density at radius 1 is 1.12 bits per heavy atom. The molecule has 2 aromatic rings. The molecule has 0 N–H and O–H groups in total. The van der Waals surface area contributed by atoms with Crippen LogP contribution in [0.15, 0.2) is 41.1 Å². The van der Waals surface area contributed by atoms with E-state index in [-0.39, 0.29) is 11.7 Å². The van der Waals surface area contributed by atoms with Crippen LogP contribution in [0.2, 0.25) is 0 Å². The van der Waals surface area contributed by atoms with Crippen LogP contribution < -0.4 is 4.74 Å². The maximum atomic E-state index is 12.9. The van der Waals surface area contributed by atoms with Crippen LogP contribution in [0, 0.1) is 5.82 Å². The van der Waals surface area contributed by atoms with Crippen molar-refractivity contribution in [3.05, 3.63) is 52.5 Å². The molecule has 2 heterocycles. The van der Waals surface area contributed by atoms with Crippen LogP contribution in [0.5, 0.6) is 5.75 Å². The molecule has 1 aromatic carbocycles. The molecular weight excluding hydrogens is 327 g/mol. The summed E-state index contributed by atoms with van der Waals surface area (Å²) in [5.74, 6) is 0.513. The molecule has 0 unspecified atom stereocenters. The average Bonchev–Trinajstić information content (AvgIpc) is 3.03. The largest absolute Gasteiger partial charge is 0.492 e. The number of hydrogen-bond donors (Lipinski definition) is 0. The Hall–Kier alpha value is -1.92. The molecule has 3 rings (SSSR count). The molecule has 24 heavy (non-hydrogen) atoms. The van der Waals surface area contributed by atoms with Crippen LogP contribution in [0.4, 0.5) is 4.39 Å². The van der Waals surface area contributed by atoms with Gasteiger partial charge in [0.2, 0.25) is 5.91 Å². The van der Waals surface area contributed by atoms with Gasteiger partial charge in [0, 0.05) is 32.6 Å². The summed E-state index contributed by atoms with van der Waals surface area (Å²) in [5.41, 5.74) is 1.31. The Balaban J connectivity index is 1.45. The number of rotatable bonds is 6. The molecule has 0 radical (unpaired) electrons. The number of thiophene rings is 1. The number of benzene rings is 1. The second kappa shape index (κ2) is 8.26. The summed E-state index contributed by atoms with van der Waals surface area (Å²) in [6.45, 7) is 4.26. The minimum atomic E-state index is -0.282. The van der Waals surface area contributed by atoms with Gasteiger partial charge in [0.25, 0.3) is 0 Å². The lowest BCUT2D eigenvalue weighted by molar-refractivity contribution is -0.130. The first-order valence-electron chi connectivity index (χ1n) is 8.10. The van der Waals surface area contributed by atoms with Gasteiger partial charge >= 0.3 is 0 Å². The third kappa shape index (κ3) is 4.79. The molecule has 4 nitrogen and oxygen atoms in total. The fraction of sp³-hybridized carbons (Fsp3) is 0.389. The van der Waals surface area contributed by atoms with Gasteiger partial charge in [-0.2, -0.15) is 11.3 Å². The summed E-state index contributed by atoms with van der Waals surface area (Å²) in [4.78, 5) is 16.4. The molecule has 1 aliphatic rings. The predicted octanol–water partition coefficient (Wildman–Crippen LogP) is 3.00. The van der Waals surface area contributed by atoms with E-state index >= 15 is 0 Å². The molecule has 1 aromatic heterocycles. The highest BCUT2D eigenvalue weighted by Crippen LogP contribution is 2.13. The van der Waals surface area contributed by atoms with E-state index < -0.39 is 0 Å². The second-order valence-corrected chi connectivity index (χ2v) is 6.62. The van der Waals surface area contributed by atoms with Crippen molar-refractivity contribution in [2.45, 2.75) is 13.0 Å². The van der Waals surface area contributed by atoms with Crippen molar-refractivity contribution < 1.29 is 13.9 Å². The molecule has 0 bridgehead atoms. The van der Waals surface area contributed by atoms with Gasteiger partial charge in [-0.05, 0) is 46.7 Å². The quantitative estimate of drug-likeness (QED) is 0.804. The second-order valence-electron chi connectivity index (χ2n) is 5.84. The number of halogens is 1. The van der Waals surface area contributed by atoms with Crippen molar-refractivity contribution in [2.24, 2.45) is 0 Å². The predicted molar refractivity (Wildman–Crippen MR) is 92.7 cm³/mol. The molecule has 1 amide bonds. The topological polar surface area (TPSA) is 32.8 Å². The number of hydrogen-bond acceptors (Lipinski definition) is 4. The summed E-state index contributed by atoms with van der Waals surface area (Å²) in [5, 5.41) is 4.23. The number of nitrogens with zero attached hydrogens (tertiary/aromatic N) is 2. The molecule has 0 saturated carbocycles. The Morgan fingerprint density at radius 3 is 2.71 bits per heavy atom. The van der Waals surface area contributed by atoms with Crippen molar-refractivity contribution in [3.8, 4) is 5.75 Å². The first kappa shape index (κ1) is 16.9. The standard InChI is InChI=1S/C18H21FN2O2S/c19-16-1-3-17(4-2-16)23-11-10-21-9-8-20(7-5-18(21)22)13-15-6-12-24-14-15/h1-4,6,12,14H,5,7-11,13H2. The van der Waals surface area contributed by atoms with Crippen molar-refractivity contribution in [1.29, 1.82) is 0 Å². The lowest BCUT2D eigenvalue weighted by Crippen LogP contribution is -2.36. The van der Waals surface area contributed by atoms with E-state index in [0.717, 1.165) is 26.2 Å². The number of carbonyl (C=O) groups is 1. The van der Waals surface area contributed by atoms with Gasteiger partial charge in [0.05, 0.1) is 6.54 Å². The molecule has 128 valence electrons. The van der Waals surface area contributed by atoms with Crippen LogP contribution >= 0.6 is 11.3 Å². The van der Waals surface area contributed by atoms with Gasteiger partial charge in [0.15, 0.2) is 0 Å². The maximum Gasteiger partial charge on any atom is 0.224 e. The van der Waals surface area contributed by atoms with E-state index in [1.165, 1.54) is 17.7 Å². The minimum absolute atomic E-state index is 0.172. The first-order valence-corrected chi connectivity index (χ1v) is 9.04. The van der Waals surface area contributed by atoms with Crippen molar-refractivity contribution in [2.75, 3.05) is 32.8 Å². The van der Waals surface area contributed by atoms with Gasteiger partial charge in [-0.15, -0.1) is 0 Å². The fourth-order valence-electron chi connectivity index (χ4n) is 2.75. The first-order chi connectivity index (χ1) is 11.7. The molecule has 6 heteroatoms. The maximum absolute atomic E-state index is 12.9. The number of carbonyl (C=O) groups excluding carboxylic acids is 1. The smallest absolute Gasteiger partial charge is 0.224 e. The Bertz CT molecular complexity index is 646. The highest BCUT2D eigenvalue weighted by molar-refractivity contribution is 7.07. The molecule has 1 aliphatic heterocycles. The zero-order valence-corrected chi connectivity index (χ0v) is 14.3. The van der Waals surface area contributed by atoms with Crippen LogP contribution in [0.25, 0.3) is 0 Å². The Morgan fingerprint density at radius 2 is 1.96 bits per heavy atom. The van der Waals surface area contributed by atoms with Crippen LogP contribution in [-0.4, -0.2) is 48.5 Å². The van der Waals surface area contributed by atoms with E-state index in [1.54, 1.807) is 23.5 Å². The average molecular weight is 348 g/mol. The molecule has 0 atom stereocenters. The van der Waals surface area contributed by atoms with Crippen LogP contribution in [-0.2, 0) is 11.3 Å². The monoisotopic (exact) mass is 348 g/mol. The number of ether oxygens (including phenoxy) is 1. The number of amides is 1. The molecule has 1 saturated heterocycles. The van der Waals surface area contributed by atoms with Crippen molar-refractivity contribution in [3.63, 3.8) is 0 Å². The Kier molecular flexibility index (Phi) is 5.82. The summed E-state index contributed by atoms with van der Waals surface area (Å²) >= 11 is 1.70. The lowest BCUT2D eigenvalue weighted by atomic mass is 10.3. The highest BCUT2D eigenvalue weighted by Gasteiger charge is 2.20. The zero-order chi connectivity index (χ0) is 16.8. The zero-order valence-electron chi connectivity index (χ0n) is 13.5. The minimum Gasteiger partial charge on any atom is -0.492 e. The lowest BCUT2D eigenvalue weighted by Gasteiger charge is -2.22. The normalized spacial score (nSPS) is 16.2. The van der Waals surface area contributed by atoms with Gasteiger partial charge in [-0.25, -0.2) is 4.39 Å². The van der Waals surface area contributed by atoms with Crippen LogP contribution in [0.3, 0.4) is 0 Å². The van der Waals surface area contributed by atoms with E-state index in [9.17, 15) is 9.18 Å². The summed E-state index contributed by atoms with van der Waals surface area (Å²) in [7, 11) is 0. The third-order valence-electron chi connectivity index (χ3n) is 4.11. The van der Waals surface area contributed by atoms with Crippen LogP contribution in [0.1, 0.15) is 12.0 Å². The van der Waals surface area contributed by atoms with E-state index in [0.29, 0.717) is 25.3 Å². The molecule has 0 aliphatic carbocycles. The van der Waals surface area contributed by atoms with E-state index in [1.807, 2.05) is 4.90 Å². The van der Waals surface area contributed by atoms with E-state index in [2.05, 4.69) is 21.7 Å².